The van der Waals surface area contributed by atoms with E-state index in [4.69, 9.17) is 0 Å². The molecule has 0 aromatic carbocycles. The maximum Gasteiger partial charge on any atom is 0.246 e. The van der Waals surface area contributed by atoms with Crippen LogP contribution in [0, 0.1) is 0 Å². The number of anilines is 1. The van der Waals surface area contributed by atoms with Gasteiger partial charge in [0.15, 0.2) is 0 Å². The number of nitrogens with zero attached hydrogens (tertiary/aromatic N) is 2. The first-order chi connectivity index (χ1) is 7.04. The number of sulfonamides is 1. The molecular weight excluding hydrogens is 214 g/mol. The van der Waals surface area contributed by atoms with E-state index in [0.717, 1.165) is 0 Å². The molecule has 0 atom stereocenters. The Labute approximate surface area is 90.2 Å². The first-order valence-electron chi connectivity index (χ1n) is 4.63. The highest BCUT2D eigenvalue weighted by Crippen LogP contribution is 2.20. The highest BCUT2D eigenvalue weighted by molar-refractivity contribution is 7.89. The van der Waals surface area contributed by atoms with Crippen LogP contribution in [0.25, 0.3) is 0 Å². The summed E-state index contributed by atoms with van der Waals surface area (Å²) in [5.74, 6) is 0.373. The first kappa shape index (κ1) is 11.9. The Hall–Kier alpha value is -1.14. The number of rotatable bonds is 4. The van der Waals surface area contributed by atoms with Crippen LogP contribution in [0.3, 0.4) is 0 Å². The van der Waals surface area contributed by atoms with Crippen LogP contribution in [0.15, 0.2) is 23.2 Å². The lowest BCUT2D eigenvalue weighted by molar-refractivity contribution is 0.486. The monoisotopic (exact) mass is 229 g/mol. The van der Waals surface area contributed by atoms with Crippen LogP contribution in [-0.2, 0) is 10.0 Å². The summed E-state index contributed by atoms with van der Waals surface area (Å²) in [4.78, 5) is 4.17. The molecular formula is C9H15N3O2S. The lowest BCUT2D eigenvalue weighted by atomic mass is 10.5. The van der Waals surface area contributed by atoms with Gasteiger partial charge in [-0.2, -0.15) is 0 Å². The van der Waals surface area contributed by atoms with Gasteiger partial charge in [-0.25, -0.2) is 17.7 Å². The van der Waals surface area contributed by atoms with Crippen LogP contribution in [0.1, 0.15) is 6.92 Å². The molecule has 5 nitrogen and oxygen atoms in total. The number of pyridine rings is 1. The Kier molecular flexibility index (Phi) is 3.65. The van der Waals surface area contributed by atoms with E-state index in [9.17, 15) is 8.42 Å². The van der Waals surface area contributed by atoms with Crippen molar-refractivity contribution in [2.75, 3.05) is 26.0 Å². The zero-order valence-electron chi connectivity index (χ0n) is 9.06. The number of aromatic nitrogens is 1. The Morgan fingerprint density at radius 3 is 2.73 bits per heavy atom. The molecule has 1 aromatic heterocycles. The molecule has 1 heterocycles. The number of hydrogen-bond acceptors (Lipinski definition) is 4. The largest absolute Gasteiger partial charge is 0.372 e. The minimum Gasteiger partial charge on any atom is -0.372 e. The zero-order valence-corrected chi connectivity index (χ0v) is 9.87. The van der Waals surface area contributed by atoms with Gasteiger partial charge in [-0.1, -0.05) is 6.92 Å². The normalized spacial score (nSPS) is 11.7. The van der Waals surface area contributed by atoms with Crippen LogP contribution < -0.4 is 5.32 Å². The van der Waals surface area contributed by atoms with Crippen LogP contribution in [0.5, 0.6) is 0 Å². The molecule has 0 saturated heterocycles. The summed E-state index contributed by atoms with van der Waals surface area (Å²) >= 11 is 0. The molecule has 0 aliphatic heterocycles. The molecule has 0 aliphatic carbocycles. The van der Waals surface area contributed by atoms with Gasteiger partial charge in [-0.15, -0.1) is 0 Å². The van der Waals surface area contributed by atoms with Crippen molar-refractivity contribution in [2.45, 2.75) is 11.8 Å². The lowest BCUT2D eigenvalue weighted by Gasteiger charge is -2.16. The molecule has 0 fully saturated rings. The van der Waals surface area contributed by atoms with E-state index in [-0.39, 0.29) is 4.90 Å². The fraction of sp³-hybridized carbons (Fsp3) is 0.444. The van der Waals surface area contributed by atoms with Crippen molar-refractivity contribution in [1.29, 1.82) is 0 Å². The van der Waals surface area contributed by atoms with Crippen molar-refractivity contribution in [3.8, 4) is 0 Å². The van der Waals surface area contributed by atoms with Crippen molar-refractivity contribution >= 4 is 15.8 Å². The minimum atomic E-state index is -3.42. The van der Waals surface area contributed by atoms with Crippen molar-refractivity contribution < 1.29 is 8.42 Å². The van der Waals surface area contributed by atoms with E-state index >= 15 is 0 Å². The van der Waals surface area contributed by atoms with E-state index in [1.54, 1.807) is 39.3 Å². The second-order valence-corrected chi connectivity index (χ2v) is 5.03. The van der Waals surface area contributed by atoms with Gasteiger partial charge in [0, 0.05) is 26.8 Å². The van der Waals surface area contributed by atoms with E-state index in [2.05, 4.69) is 10.3 Å². The highest BCUT2D eigenvalue weighted by atomic mass is 32.2. The van der Waals surface area contributed by atoms with Gasteiger partial charge < -0.3 is 5.32 Å². The molecule has 0 radical (unpaired) electrons. The van der Waals surface area contributed by atoms with Gasteiger partial charge in [0.2, 0.25) is 10.0 Å². The van der Waals surface area contributed by atoms with Crippen LogP contribution >= 0.6 is 0 Å². The summed E-state index contributed by atoms with van der Waals surface area (Å²) in [6.45, 7) is 2.22. The highest BCUT2D eigenvalue weighted by Gasteiger charge is 2.22. The van der Waals surface area contributed by atoms with Crippen LogP contribution in [-0.4, -0.2) is 38.3 Å². The van der Waals surface area contributed by atoms with Crippen molar-refractivity contribution in [3.63, 3.8) is 0 Å². The predicted octanol–water partition coefficient (Wildman–Crippen LogP) is 0.764. The fourth-order valence-electron chi connectivity index (χ4n) is 1.12. The summed E-state index contributed by atoms with van der Waals surface area (Å²) in [5, 5.41) is 2.76. The Balaban J connectivity index is 3.27. The third-order valence-corrected chi connectivity index (χ3v) is 4.11. The van der Waals surface area contributed by atoms with Gasteiger partial charge in [0.25, 0.3) is 0 Å². The van der Waals surface area contributed by atoms with Crippen LogP contribution in [0.2, 0.25) is 0 Å². The molecule has 0 saturated carbocycles. The molecule has 1 rings (SSSR count). The topological polar surface area (TPSA) is 62.3 Å². The smallest absolute Gasteiger partial charge is 0.246 e. The average molecular weight is 229 g/mol. The molecule has 0 spiro atoms. The molecule has 84 valence electrons. The van der Waals surface area contributed by atoms with Crippen molar-refractivity contribution in [3.05, 3.63) is 18.3 Å². The molecule has 6 heteroatoms. The molecule has 15 heavy (non-hydrogen) atoms. The van der Waals surface area contributed by atoms with Gasteiger partial charge in [0.05, 0.1) is 0 Å². The molecule has 1 aromatic rings. The Morgan fingerprint density at radius 2 is 2.20 bits per heavy atom. The summed E-state index contributed by atoms with van der Waals surface area (Å²) in [6, 6.07) is 3.15. The summed E-state index contributed by atoms with van der Waals surface area (Å²) in [6.07, 6.45) is 1.55. The summed E-state index contributed by atoms with van der Waals surface area (Å²) < 4.78 is 25.3. The first-order valence-corrected chi connectivity index (χ1v) is 6.07. The second kappa shape index (κ2) is 4.59. The van der Waals surface area contributed by atoms with E-state index in [0.29, 0.717) is 12.4 Å². The third kappa shape index (κ3) is 2.27. The van der Waals surface area contributed by atoms with Gasteiger partial charge in [-0.05, 0) is 12.1 Å². The third-order valence-electron chi connectivity index (χ3n) is 2.14. The maximum atomic E-state index is 12.0. The SMILES string of the molecule is CCN(C)S(=O)(=O)c1cccnc1NC. The Morgan fingerprint density at radius 1 is 1.53 bits per heavy atom. The number of hydrogen-bond donors (Lipinski definition) is 1. The molecule has 0 amide bonds. The average Bonchev–Trinajstić information content (AvgIpc) is 2.27. The fourth-order valence-corrected chi connectivity index (χ4v) is 2.45. The van der Waals surface area contributed by atoms with E-state index < -0.39 is 10.0 Å². The van der Waals surface area contributed by atoms with E-state index in [1.165, 1.54) is 4.31 Å². The molecule has 0 aliphatic rings. The minimum absolute atomic E-state index is 0.205. The number of nitrogens with one attached hydrogen (secondary N) is 1. The molecule has 1 N–H and O–H groups in total. The second-order valence-electron chi connectivity index (χ2n) is 3.02. The van der Waals surface area contributed by atoms with Gasteiger partial charge in [-0.3, -0.25) is 0 Å². The van der Waals surface area contributed by atoms with Crippen molar-refractivity contribution in [1.82, 2.24) is 9.29 Å². The lowest BCUT2D eigenvalue weighted by Crippen LogP contribution is -2.27. The summed E-state index contributed by atoms with van der Waals surface area (Å²) in [7, 11) is -0.234. The van der Waals surface area contributed by atoms with Gasteiger partial charge >= 0.3 is 0 Å². The quantitative estimate of drug-likeness (QED) is 0.828. The molecule has 0 bridgehead atoms. The zero-order chi connectivity index (χ0) is 11.5. The van der Waals surface area contributed by atoms with Crippen LogP contribution in [0.4, 0.5) is 5.82 Å². The Bertz CT molecular complexity index is 431. The molecule has 0 unspecified atom stereocenters. The van der Waals surface area contributed by atoms with E-state index in [1.807, 2.05) is 0 Å². The predicted molar refractivity (Wildman–Crippen MR) is 59.3 cm³/mol. The standard InChI is InChI=1S/C9H15N3O2S/c1-4-12(3)15(13,14)8-6-5-7-11-9(8)10-2/h5-7H,4H2,1-3H3,(H,10,11). The maximum absolute atomic E-state index is 12.0. The summed E-state index contributed by atoms with van der Waals surface area (Å²) in [5.41, 5.74) is 0. The van der Waals surface area contributed by atoms with Crippen molar-refractivity contribution in [2.24, 2.45) is 0 Å². The van der Waals surface area contributed by atoms with Gasteiger partial charge in [0.1, 0.15) is 10.7 Å².